The van der Waals surface area contributed by atoms with Gasteiger partial charge in [0.15, 0.2) is 6.61 Å². The molecule has 0 saturated heterocycles. The van der Waals surface area contributed by atoms with E-state index in [1.165, 1.54) is 17.7 Å². The summed E-state index contributed by atoms with van der Waals surface area (Å²) >= 11 is 0. The Kier molecular flexibility index (Phi) is 5.96. The fraction of sp³-hybridized carbons (Fsp3) is 0.350. The van der Waals surface area contributed by atoms with Crippen molar-refractivity contribution in [3.05, 3.63) is 65.0 Å². The number of aryl methyl sites for hydroxylation is 1. The van der Waals surface area contributed by atoms with Gasteiger partial charge in [0.2, 0.25) is 0 Å². The van der Waals surface area contributed by atoms with Gasteiger partial charge in [0, 0.05) is 0 Å². The third kappa shape index (κ3) is 4.82. The number of ether oxygens (including phenoxy) is 1. The SMILES string of the molecule is Cc1ccc(C(C)C)cc1OCC(=O)NC(C)c1ccc(F)cc1. The number of hydrogen-bond acceptors (Lipinski definition) is 2. The Bertz CT molecular complexity index is 695. The summed E-state index contributed by atoms with van der Waals surface area (Å²) in [6.45, 7) is 8.00. The number of rotatable bonds is 6. The van der Waals surface area contributed by atoms with E-state index in [4.69, 9.17) is 4.74 Å². The van der Waals surface area contributed by atoms with E-state index >= 15 is 0 Å². The van der Waals surface area contributed by atoms with Crippen LogP contribution < -0.4 is 10.1 Å². The molecule has 0 bridgehead atoms. The van der Waals surface area contributed by atoms with Crippen molar-refractivity contribution in [1.82, 2.24) is 5.32 Å². The van der Waals surface area contributed by atoms with E-state index in [0.29, 0.717) is 5.92 Å². The second kappa shape index (κ2) is 7.95. The molecule has 128 valence electrons. The van der Waals surface area contributed by atoms with Gasteiger partial charge in [-0.1, -0.05) is 38.1 Å². The maximum Gasteiger partial charge on any atom is 0.258 e. The van der Waals surface area contributed by atoms with Crippen molar-refractivity contribution in [3.63, 3.8) is 0 Å². The molecule has 1 unspecified atom stereocenters. The number of hydrogen-bond donors (Lipinski definition) is 1. The molecule has 0 aliphatic rings. The second-order valence-electron chi connectivity index (χ2n) is 6.31. The average Bonchev–Trinajstić information content (AvgIpc) is 2.54. The van der Waals surface area contributed by atoms with E-state index in [9.17, 15) is 9.18 Å². The van der Waals surface area contributed by atoms with Gasteiger partial charge >= 0.3 is 0 Å². The predicted molar refractivity (Wildman–Crippen MR) is 93.7 cm³/mol. The highest BCUT2D eigenvalue weighted by molar-refractivity contribution is 5.78. The molecule has 0 spiro atoms. The van der Waals surface area contributed by atoms with Crippen molar-refractivity contribution in [1.29, 1.82) is 0 Å². The molecule has 1 N–H and O–H groups in total. The van der Waals surface area contributed by atoms with Gasteiger partial charge < -0.3 is 10.1 Å². The maximum absolute atomic E-state index is 12.9. The summed E-state index contributed by atoms with van der Waals surface area (Å²) in [6.07, 6.45) is 0. The van der Waals surface area contributed by atoms with Crippen molar-refractivity contribution in [2.45, 2.75) is 39.7 Å². The Labute approximate surface area is 142 Å². The van der Waals surface area contributed by atoms with E-state index in [1.54, 1.807) is 12.1 Å². The predicted octanol–water partition coefficient (Wildman–Crippen LogP) is 4.51. The molecule has 4 heteroatoms. The minimum absolute atomic E-state index is 0.0477. The summed E-state index contributed by atoms with van der Waals surface area (Å²) < 4.78 is 18.6. The van der Waals surface area contributed by atoms with Crippen molar-refractivity contribution in [2.75, 3.05) is 6.61 Å². The van der Waals surface area contributed by atoms with Crippen LogP contribution in [0.1, 0.15) is 49.4 Å². The van der Waals surface area contributed by atoms with Crippen LogP contribution in [0.3, 0.4) is 0 Å². The standard InChI is InChI=1S/C20H24FNO2/c1-13(2)17-6-5-14(3)19(11-17)24-12-20(23)22-15(4)16-7-9-18(21)10-8-16/h5-11,13,15H,12H2,1-4H3,(H,22,23). The highest BCUT2D eigenvalue weighted by Gasteiger charge is 2.11. The van der Waals surface area contributed by atoms with Gasteiger partial charge in [-0.2, -0.15) is 0 Å². The zero-order chi connectivity index (χ0) is 17.7. The third-order valence-corrected chi connectivity index (χ3v) is 3.99. The van der Waals surface area contributed by atoms with Crippen LogP contribution >= 0.6 is 0 Å². The smallest absolute Gasteiger partial charge is 0.258 e. The zero-order valence-electron chi connectivity index (χ0n) is 14.6. The lowest BCUT2D eigenvalue weighted by Gasteiger charge is -2.16. The molecule has 24 heavy (non-hydrogen) atoms. The van der Waals surface area contributed by atoms with Crippen LogP contribution in [0.2, 0.25) is 0 Å². The minimum Gasteiger partial charge on any atom is -0.483 e. The van der Waals surface area contributed by atoms with Crippen LogP contribution in [-0.4, -0.2) is 12.5 Å². The third-order valence-electron chi connectivity index (χ3n) is 3.99. The Hall–Kier alpha value is -2.36. The summed E-state index contributed by atoms with van der Waals surface area (Å²) in [5.41, 5.74) is 3.03. The largest absolute Gasteiger partial charge is 0.483 e. The lowest BCUT2D eigenvalue weighted by atomic mass is 10.0. The van der Waals surface area contributed by atoms with Gasteiger partial charge in [0.25, 0.3) is 5.91 Å². The van der Waals surface area contributed by atoms with Gasteiger partial charge in [0.1, 0.15) is 11.6 Å². The summed E-state index contributed by atoms with van der Waals surface area (Å²) in [5, 5.41) is 2.86. The monoisotopic (exact) mass is 329 g/mol. The lowest BCUT2D eigenvalue weighted by molar-refractivity contribution is -0.123. The fourth-order valence-corrected chi connectivity index (χ4v) is 2.39. The van der Waals surface area contributed by atoms with Crippen LogP contribution in [0, 0.1) is 12.7 Å². The number of amides is 1. The topological polar surface area (TPSA) is 38.3 Å². The maximum atomic E-state index is 12.9. The second-order valence-corrected chi connectivity index (χ2v) is 6.31. The number of halogens is 1. The lowest BCUT2D eigenvalue weighted by Crippen LogP contribution is -2.31. The molecule has 3 nitrogen and oxygen atoms in total. The van der Waals surface area contributed by atoms with E-state index in [-0.39, 0.29) is 24.4 Å². The number of nitrogens with one attached hydrogen (secondary N) is 1. The van der Waals surface area contributed by atoms with E-state index in [1.807, 2.05) is 26.0 Å². The van der Waals surface area contributed by atoms with Gasteiger partial charge in [-0.25, -0.2) is 4.39 Å². The Morgan fingerprint density at radius 1 is 1.08 bits per heavy atom. The van der Waals surface area contributed by atoms with Crippen LogP contribution in [0.4, 0.5) is 4.39 Å². The molecule has 0 heterocycles. The first-order valence-electron chi connectivity index (χ1n) is 8.15. The summed E-state index contributed by atoms with van der Waals surface area (Å²) in [7, 11) is 0. The molecule has 0 radical (unpaired) electrons. The molecule has 0 fully saturated rings. The highest BCUT2D eigenvalue weighted by atomic mass is 19.1. The van der Waals surface area contributed by atoms with E-state index in [2.05, 4.69) is 25.2 Å². The number of carbonyl (C=O) groups excluding carboxylic acids is 1. The minimum atomic E-state index is -0.291. The van der Waals surface area contributed by atoms with Crippen LogP contribution in [0.25, 0.3) is 0 Å². The molecule has 0 aliphatic heterocycles. The number of carbonyl (C=O) groups is 1. The zero-order valence-corrected chi connectivity index (χ0v) is 14.6. The molecule has 2 aromatic rings. The van der Waals surface area contributed by atoms with Crippen molar-refractivity contribution < 1.29 is 13.9 Å². The molecule has 0 aromatic heterocycles. The molecule has 1 amide bonds. The van der Waals surface area contributed by atoms with Crippen molar-refractivity contribution in [2.24, 2.45) is 0 Å². The highest BCUT2D eigenvalue weighted by Crippen LogP contribution is 2.24. The molecule has 2 aromatic carbocycles. The Morgan fingerprint density at radius 2 is 1.71 bits per heavy atom. The van der Waals surface area contributed by atoms with Crippen LogP contribution in [-0.2, 0) is 4.79 Å². The average molecular weight is 329 g/mol. The van der Waals surface area contributed by atoms with Crippen LogP contribution in [0.15, 0.2) is 42.5 Å². The quantitative estimate of drug-likeness (QED) is 0.846. The van der Waals surface area contributed by atoms with Gasteiger partial charge in [0.05, 0.1) is 6.04 Å². The van der Waals surface area contributed by atoms with E-state index in [0.717, 1.165) is 16.9 Å². The molecule has 0 aliphatic carbocycles. The van der Waals surface area contributed by atoms with Crippen molar-refractivity contribution in [3.8, 4) is 5.75 Å². The molecule has 2 rings (SSSR count). The van der Waals surface area contributed by atoms with Gasteiger partial charge in [-0.3, -0.25) is 4.79 Å². The molecule has 1 atom stereocenters. The Morgan fingerprint density at radius 3 is 2.33 bits per heavy atom. The first kappa shape index (κ1) is 18.0. The van der Waals surface area contributed by atoms with Crippen molar-refractivity contribution >= 4 is 5.91 Å². The summed E-state index contributed by atoms with van der Waals surface area (Å²) in [6, 6.07) is 12.0. The molecular weight excluding hydrogens is 305 g/mol. The van der Waals surface area contributed by atoms with Gasteiger partial charge in [-0.05, 0) is 54.7 Å². The van der Waals surface area contributed by atoms with E-state index < -0.39 is 0 Å². The number of benzene rings is 2. The first-order valence-corrected chi connectivity index (χ1v) is 8.15. The molecular formula is C20H24FNO2. The Balaban J connectivity index is 1.93. The first-order chi connectivity index (χ1) is 11.4. The molecule has 0 saturated carbocycles. The fourth-order valence-electron chi connectivity index (χ4n) is 2.39. The normalized spacial score (nSPS) is 12.1. The summed E-state index contributed by atoms with van der Waals surface area (Å²) in [5.74, 6) is 0.633. The van der Waals surface area contributed by atoms with Crippen LogP contribution in [0.5, 0.6) is 5.75 Å². The van der Waals surface area contributed by atoms with Gasteiger partial charge in [-0.15, -0.1) is 0 Å². The summed E-state index contributed by atoms with van der Waals surface area (Å²) in [4.78, 5) is 12.1.